The standard InChI is InChI=1S/C20H26N6O3S/c27-18(21-20-23-22-19(30-20)15-4-2-1-3-5-15)14-24-10-12-25(13-11-24)16-6-8-17(9-7-16)26(28)29/h6-9,15H,1-5,10-14H2,(H,21,23,27). The van der Waals surface area contributed by atoms with E-state index in [1.54, 1.807) is 12.1 Å². The highest BCUT2D eigenvalue weighted by Gasteiger charge is 2.22. The zero-order valence-electron chi connectivity index (χ0n) is 16.8. The minimum absolute atomic E-state index is 0.0647. The highest BCUT2D eigenvalue weighted by atomic mass is 32.1. The van der Waals surface area contributed by atoms with E-state index in [4.69, 9.17) is 0 Å². The second-order valence-electron chi connectivity index (χ2n) is 7.87. The summed E-state index contributed by atoms with van der Waals surface area (Å²) in [6, 6.07) is 6.61. The number of nitrogens with one attached hydrogen (secondary N) is 1. The number of amides is 1. The predicted molar refractivity (Wildman–Crippen MR) is 116 cm³/mol. The van der Waals surface area contributed by atoms with Crippen LogP contribution in [0.15, 0.2) is 24.3 Å². The number of rotatable bonds is 6. The van der Waals surface area contributed by atoms with E-state index in [2.05, 4.69) is 25.3 Å². The van der Waals surface area contributed by atoms with E-state index in [-0.39, 0.29) is 11.6 Å². The molecule has 1 saturated carbocycles. The molecule has 30 heavy (non-hydrogen) atoms. The van der Waals surface area contributed by atoms with Crippen molar-refractivity contribution in [1.29, 1.82) is 0 Å². The molecular weight excluding hydrogens is 404 g/mol. The summed E-state index contributed by atoms with van der Waals surface area (Å²) in [6.07, 6.45) is 6.13. The molecule has 2 fully saturated rings. The summed E-state index contributed by atoms with van der Waals surface area (Å²) in [5.74, 6) is 0.430. The third-order valence-electron chi connectivity index (χ3n) is 5.81. The average Bonchev–Trinajstić information content (AvgIpc) is 3.23. The summed E-state index contributed by atoms with van der Waals surface area (Å²) in [5, 5.41) is 23.8. The van der Waals surface area contributed by atoms with Crippen LogP contribution in [-0.2, 0) is 4.79 Å². The average molecular weight is 431 g/mol. The van der Waals surface area contributed by atoms with Gasteiger partial charge in [-0.15, -0.1) is 10.2 Å². The molecule has 1 aliphatic heterocycles. The van der Waals surface area contributed by atoms with E-state index in [9.17, 15) is 14.9 Å². The first kappa shape index (κ1) is 20.7. The number of piperazine rings is 1. The van der Waals surface area contributed by atoms with Crippen molar-refractivity contribution < 1.29 is 9.72 Å². The van der Waals surface area contributed by atoms with Gasteiger partial charge in [0.1, 0.15) is 5.01 Å². The number of carbonyl (C=O) groups excluding carboxylic acids is 1. The number of hydrogen-bond acceptors (Lipinski definition) is 8. The van der Waals surface area contributed by atoms with Crippen LogP contribution in [0.5, 0.6) is 0 Å². The number of nitro benzene ring substituents is 1. The number of hydrogen-bond donors (Lipinski definition) is 1. The Hall–Kier alpha value is -2.59. The molecule has 0 atom stereocenters. The minimum Gasteiger partial charge on any atom is -0.369 e. The number of carbonyl (C=O) groups is 1. The largest absolute Gasteiger partial charge is 0.369 e. The van der Waals surface area contributed by atoms with Crippen LogP contribution in [0.1, 0.15) is 43.0 Å². The van der Waals surface area contributed by atoms with Crippen LogP contribution in [0.25, 0.3) is 0 Å². The van der Waals surface area contributed by atoms with Crippen molar-refractivity contribution in [3.05, 3.63) is 39.4 Å². The first-order chi connectivity index (χ1) is 14.6. The van der Waals surface area contributed by atoms with Crippen LogP contribution < -0.4 is 10.2 Å². The molecule has 1 aromatic carbocycles. The van der Waals surface area contributed by atoms with Crippen LogP contribution >= 0.6 is 11.3 Å². The fourth-order valence-corrected chi connectivity index (χ4v) is 5.04. The first-order valence-electron chi connectivity index (χ1n) is 10.4. The number of nitro groups is 1. The van der Waals surface area contributed by atoms with E-state index in [1.807, 2.05) is 0 Å². The lowest BCUT2D eigenvalue weighted by molar-refractivity contribution is -0.384. The fourth-order valence-electron chi connectivity index (χ4n) is 4.11. The van der Waals surface area contributed by atoms with Gasteiger partial charge in [-0.05, 0) is 25.0 Å². The molecule has 4 rings (SSSR count). The third kappa shape index (κ3) is 5.11. The SMILES string of the molecule is O=C(CN1CCN(c2ccc([N+](=O)[O-])cc2)CC1)Nc1nnc(C2CCCCC2)s1. The van der Waals surface area contributed by atoms with E-state index in [1.165, 1.54) is 55.6 Å². The van der Waals surface area contributed by atoms with Crippen LogP contribution in [0.3, 0.4) is 0 Å². The quantitative estimate of drug-likeness (QED) is 0.554. The van der Waals surface area contributed by atoms with Crippen molar-refractivity contribution in [3.63, 3.8) is 0 Å². The van der Waals surface area contributed by atoms with Crippen molar-refractivity contribution in [2.75, 3.05) is 42.9 Å². The summed E-state index contributed by atoms with van der Waals surface area (Å²) < 4.78 is 0. The van der Waals surface area contributed by atoms with Crippen LogP contribution in [0.2, 0.25) is 0 Å². The van der Waals surface area contributed by atoms with Gasteiger partial charge < -0.3 is 4.90 Å². The second kappa shape index (κ2) is 9.48. The van der Waals surface area contributed by atoms with Gasteiger partial charge >= 0.3 is 0 Å². The molecule has 0 bridgehead atoms. The predicted octanol–water partition coefficient (Wildman–Crippen LogP) is 3.25. The maximum atomic E-state index is 12.4. The van der Waals surface area contributed by atoms with Crippen LogP contribution in [0.4, 0.5) is 16.5 Å². The fraction of sp³-hybridized carbons (Fsp3) is 0.550. The molecule has 9 nitrogen and oxygen atoms in total. The number of anilines is 2. The lowest BCUT2D eigenvalue weighted by Gasteiger charge is -2.35. The van der Waals surface area contributed by atoms with Crippen molar-refractivity contribution in [3.8, 4) is 0 Å². The van der Waals surface area contributed by atoms with E-state index in [0.717, 1.165) is 36.9 Å². The zero-order valence-corrected chi connectivity index (χ0v) is 17.6. The smallest absolute Gasteiger partial charge is 0.269 e. The van der Waals surface area contributed by atoms with Crippen LogP contribution in [-0.4, -0.2) is 58.7 Å². The molecule has 1 aromatic heterocycles. The van der Waals surface area contributed by atoms with E-state index >= 15 is 0 Å². The second-order valence-corrected chi connectivity index (χ2v) is 8.87. The highest BCUT2D eigenvalue weighted by molar-refractivity contribution is 7.15. The number of nitrogens with zero attached hydrogens (tertiary/aromatic N) is 5. The Labute approximate surface area is 179 Å². The maximum Gasteiger partial charge on any atom is 0.269 e. The summed E-state index contributed by atoms with van der Waals surface area (Å²) in [7, 11) is 0. The first-order valence-corrected chi connectivity index (χ1v) is 11.2. The van der Waals surface area contributed by atoms with Gasteiger partial charge in [-0.25, -0.2) is 0 Å². The number of aromatic nitrogens is 2. The molecule has 0 radical (unpaired) electrons. The van der Waals surface area contributed by atoms with Gasteiger partial charge in [0.2, 0.25) is 11.0 Å². The summed E-state index contributed by atoms with van der Waals surface area (Å²) in [5.41, 5.74) is 1.06. The molecule has 10 heteroatoms. The molecule has 0 unspecified atom stereocenters. The molecule has 1 aliphatic carbocycles. The maximum absolute atomic E-state index is 12.4. The molecule has 1 N–H and O–H groups in total. The molecule has 2 heterocycles. The van der Waals surface area contributed by atoms with Gasteiger partial charge in [-0.3, -0.25) is 25.1 Å². The van der Waals surface area contributed by atoms with Gasteiger partial charge in [-0.2, -0.15) is 0 Å². The van der Waals surface area contributed by atoms with Gasteiger partial charge in [0.15, 0.2) is 0 Å². The Kier molecular flexibility index (Phi) is 6.53. The third-order valence-corrected chi connectivity index (χ3v) is 6.81. The van der Waals surface area contributed by atoms with Crippen molar-refractivity contribution in [1.82, 2.24) is 15.1 Å². The number of benzene rings is 1. The zero-order chi connectivity index (χ0) is 20.9. The summed E-state index contributed by atoms with van der Waals surface area (Å²) in [4.78, 5) is 27.1. The summed E-state index contributed by atoms with van der Waals surface area (Å²) >= 11 is 1.50. The topological polar surface area (TPSA) is 104 Å². The molecule has 1 saturated heterocycles. The van der Waals surface area contributed by atoms with Gasteiger partial charge in [-0.1, -0.05) is 30.6 Å². The van der Waals surface area contributed by atoms with E-state index in [0.29, 0.717) is 17.6 Å². The Morgan fingerprint density at radius 2 is 1.80 bits per heavy atom. The molecule has 0 spiro atoms. The lowest BCUT2D eigenvalue weighted by Crippen LogP contribution is -2.48. The normalized spacial score (nSPS) is 18.3. The Bertz CT molecular complexity index is 873. The highest BCUT2D eigenvalue weighted by Crippen LogP contribution is 2.35. The van der Waals surface area contributed by atoms with Crippen molar-refractivity contribution in [2.45, 2.75) is 38.0 Å². The Balaban J connectivity index is 1.23. The van der Waals surface area contributed by atoms with Gasteiger partial charge in [0.05, 0.1) is 11.5 Å². The Morgan fingerprint density at radius 1 is 1.10 bits per heavy atom. The van der Waals surface area contributed by atoms with Gasteiger partial charge in [0.25, 0.3) is 5.69 Å². The number of non-ortho nitro benzene ring substituents is 1. The van der Waals surface area contributed by atoms with Crippen LogP contribution in [0, 0.1) is 10.1 Å². The molecule has 2 aliphatic rings. The minimum atomic E-state index is -0.392. The summed E-state index contributed by atoms with van der Waals surface area (Å²) in [6.45, 7) is 3.39. The van der Waals surface area contributed by atoms with Crippen molar-refractivity contribution >= 4 is 33.8 Å². The molecule has 2 aromatic rings. The van der Waals surface area contributed by atoms with Gasteiger partial charge in [0, 0.05) is 49.9 Å². The molecular formula is C20H26N6O3S. The lowest BCUT2D eigenvalue weighted by atomic mass is 9.90. The van der Waals surface area contributed by atoms with Crippen molar-refractivity contribution in [2.24, 2.45) is 0 Å². The monoisotopic (exact) mass is 430 g/mol. The molecule has 160 valence electrons. The molecule has 1 amide bonds. The van der Waals surface area contributed by atoms with E-state index < -0.39 is 4.92 Å². The Morgan fingerprint density at radius 3 is 2.47 bits per heavy atom.